The molecular formula is H4AgN2S. The number of hydrogen-bond acceptors (Lipinski definition) is 2. The van der Waals surface area contributed by atoms with Crippen molar-refractivity contribution in [1.29, 1.82) is 11.1 Å². The molecule has 4 heteroatoms. The van der Waals surface area contributed by atoms with Gasteiger partial charge < -0.3 is 0 Å². The van der Waals surface area contributed by atoms with Gasteiger partial charge in [-0.05, 0) is 0 Å². The van der Waals surface area contributed by atoms with E-state index < -0.39 is 0 Å². The smallest absolute Gasteiger partial charge is 0 e. The predicted molar refractivity (Wildman–Crippen MR) is 15.8 cm³/mol. The van der Waals surface area contributed by atoms with Gasteiger partial charge in [-0.15, -0.1) is 0 Å². The molecule has 0 saturated heterocycles. The van der Waals surface area contributed by atoms with Crippen LogP contribution in [-0.4, -0.2) is 0 Å². The summed E-state index contributed by atoms with van der Waals surface area (Å²) in [5.74, 6) is 0. The third-order valence-electron chi connectivity index (χ3n) is 0. The second-order valence-electron chi connectivity index (χ2n) is 0. The van der Waals surface area contributed by atoms with E-state index >= 15 is 0 Å². The molecule has 0 amide bonds. The van der Waals surface area contributed by atoms with E-state index in [4.69, 9.17) is 11.1 Å². The Morgan fingerprint density at radius 3 is 1.00 bits per heavy atom. The van der Waals surface area contributed by atoms with Crippen LogP contribution < -0.4 is 0 Å². The molecule has 0 atom stereocenters. The van der Waals surface area contributed by atoms with Gasteiger partial charge in [0.1, 0.15) is 0 Å². The van der Waals surface area contributed by atoms with E-state index in [2.05, 4.69) is 0 Å². The van der Waals surface area contributed by atoms with Crippen LogP contribution in [0.25, 0.3) is 0 Å². The van der Waals surface area contributed by atoms with Crippen molar-refractivity contribution in [1.82, 2.24) is 0 Å². The molecule has 0 rings (SSSR count). The minimum atomic E-state index is 0. The Hall–Kier alpha value is 0.690. The quantitative estimate of drug-likeness (QED) is 0.399. The molecule has 0 aliphatic carbocycles. The van der Waals surface area contributed by atoms with Gasteiger partial charge in [-0.2, -0.15) is 13.5 Å². The Morgan fingerprint density at radius 2 is 1.00 bits per heavy atom. The van der Waals surface area contributed by atoms with E-state index in [0.29, 0.717) is 0 Å². The molecule has 0 aromatic rings. The molecule has 0 aliphatic heterocycles. The third kappa shape index (κ3) is 16.1. The van der Waals surface area contributed by atoms with Crippen LogP contribution in [0.15, 0.2) is 0 Å². The first kappa shape index (κ1) is 22.4. The molecule has 0 aliphatic rings. The molecule has 0 bridgehead atoms. The second kappa shape index (κ2) is 56.1. The fourth-order valence-corrected chi connectivity index (χ4v) is 0. The zero-order valence-corrected chi connectivity index (χ0v) is 4.28. The maximum absolute atomic E-state index is 5.00. The Bertz CT molecular complexity index is 6.00. The summed E-state index contributed by atoms with van der Waals surface area (Å²) >= 11 is 0. The minimum absolute atomic E-state index is 0. The van der Waals surface area contributed by atoms with Crippen LogP contribution >= 0.6 is 13.5 Å². The van der Waals surface area contributed by atoms with Gasteiger partial charge >= 0.3 is 0 Å². The van der Waals surface area contributed by atoms with Crippen LogP contribution in [0.2, 0.25) is 0 Å². The monoisotopic (exact) mass is 171 g/mol. The van der Waals surface area contributed by atoms with Crippen molar-refractivity contribution in [3.63, 3.8) is 0 Å². The van der Waals surface area contributed by atoms with Crippen LogP contribution in [-0.2, 0) is 22.4 Å². The number of rotatable bonds is 0. The predicted octanol–water partition coefficient (Wildman–Crippen LogP) is 0.706. The number of hydrogen-bond donors (Lipinski definition) is 2. The van der Waals surface area contributed by atoms with Crippen molar-refractivity contribution in [3.05, 3.63) is 0 Å². The van der Waals surface area contributed by atoms with Crippen molar-refractivity contribution in [2.45, 2.75) is 0 Å². The molecule has 31 valence electrons. The molecule has 0 unspecified atom stereocenters. The molecule has 2 nitrogen and oxygen atoms in total. The van der Waals surface area contributed by atoms with Gasteiger partial charge in [0.25, 0.3) is 0 Å². The van der Waals surface area contributed by atoms with Gasteiger partial charge in [0.05, 0.1) is 0 Å². The number of nitrogens with one attached hydrogen (secondary N) is 2. The fraction of sp³-hybridized carbons (Fsp3) is 0. The average molecular weight is 172 g/mol. The zero-order valence-electron chi connectivity index (χ0n) is 1.80. The summed E-state index contributed by atoms with van der Waals surface area (Å²) in [4.78, 5) is 0. The van der Waals surface area contributed by atoms with Gasteiger partial charge in [-0.1, -0.05) is 0 Å². The summed E-state index contributed by atoms with van der Waals surface area (Å²) in [6.07, 6.45) is 0. The van der Waals surface area contributed by atoms with Crippen LogP contribution in [0.5, 0.6) is 0 Å². The third-order valence-corrected chi connectivity index (χ3v) is 0. The van der Waals surface area contributed by atoms with Gasteiger partial charge in [0.2, 0.25) is 0 Å². The molecule has 2 N–H and O–H groups in total. The molecule has 0 saturated carbocycles. The first-order valence-corrected chi connectivity index (χ1v) is 0.250. The Morgan fingerprint density at radius 1 is 1.00 bits per heavy atom. The molecule has 0 spiro atoms. The maximum Gasteiger partial charge on any atom is 0 e. The Balaban J connectivity index is -0.00000000500. The molecule has 4 heavy (non-hydrogen) atoms. The van der Waals surface area contributed by atoms with Crippen LogP contribution in [0.4, 0.5) is 0 Å². The van der Waals surface area contributed by atoms with Gasteiger partial charge in [-0.3, -0.25) is 0 Å². The summed E-state index contributed by atoms with van der Waals surface area (Å²) in [5, 5.41) is 0. The van der Waals surface area contributed by atoms with Crippen molar-refractivity contribution in [2.75, 3.05) is 0 Å². The molecule has 0 aromatic heterocycles. The summed E-state index contributed by atoms with van der Waals surface area (Å²) in [6, 6.07) is 0. The van der Waals surface area contributed by atoms with Crippen LogP contribution in [0.1, 0.15) is 0 Å². The SMILES string of the molecule is N=N.S.[Ag]. The first-order chi connectivity index (χ1) is 1.00. The standard InChI is InChI=1S/Ag.H2N2.H2S/c;1-2;/h;1-2H;1H2. The van der Waals surface area contributed by atoms with Gasteiger partial charge in [0, 0.05) is 22.4 Å². The van der Waals surface area contributed by atoms with Crippen LogP contribution in [0.3, 0.4) is 0 Å². The second-order valence-corrected chi connectivity index (χ2v) is 0. The van der Waals surface area contributed by atoms with E-state index in [1.165, 1.54) is 0 Å². The summed E-state index contributed by atoms with van der Waals surface area (Å²) in [6.45, 7) is 0. The maximum atomic E-state index is 5.00. The fourth-order valence-electron chi connectivity index (χ4n) is 0. The summed E-state index contributed by atoms with van der Waals surface area (Å²) < 4.78 is 0. The van der Waals surface area contributed by atoms with Crippen LogP contribution in [0, 0.1) is 11.1 Å². The van der Waals surface area contributed by atoms with E-state index in [0.717, 1.165) is 0 Å². The van der Waals surface area contributed by atoms with E-state index in [1.54, 1.807) is 0 Å². The van der Waals surface area contributed by atoms with Crippen molar-refractivity contribution in [3.8, 4) is 0 Å². The first-order valence-electron chi connectivity index (χ1n) is 0.250. The topological polar surface area (TPSA) is 47.7 Å². The molecule has 0 heterocycles. The average Bonchev–Trinajstić information content (AvgIpc) is 1.00. The molecule has 0 aromatic carbocycles. The van der Waals surface area contributed by atoms with Crippen molar-refractivity contribution in [2.24, 2.45) is 0 Å². The minimum Gasteiger partial charge on any atom is -0.213 e. The zero-order chi connectivity index (χ0) is 2.00. The Labute approximate surface area is 47.2 Å². The van der Waals surface area contributed by atoms with E-state index in [-0.39, 0.29) is 35.9 Å². The normalized spacial score (nSPS) is 1.00. The molecule has 1 radical (unpaired) electrons. The van der Waals surface area contributed by atoms with Crippen molar-refractivity contribution < 1.29 is 22.4 Å². The van der Waals surface area contributed by atoms with Crippen molar-refractivity contribution >= 4 is 13.5 Å². The summed E-state index contributed by atoms with van der Waals surface area (Å²) in [7, 11) is 0. The largest absolute Gasteiger partial charge is 0.213 e. The van der Waals surface area contributed by atoms with E-state index in [1.807, 2.05) is 0 Å². The molecule has 0 fully saturated rings. The van der Waals surface area contributed by atoms with E-state index in [9.17, 15) is 0 Å². The Kier molecular flexibility index (Phi) is 313. The van der Waals surface area contributed by atoms with Gasteiger partial charge in [-0.25, -0.2) is 11.1 Å². The molecular weight excluding hydrogens is 168 g/mol. The van der Waals surface area contributed by atoms with Gasteiger partial charge in [0.15, 0.2) is 0 Å². The summed E-state index contributed by atoms with van der Waals surface area (Å²) in [5.41, 5.74) is 10.0.